The normalized spacial score (nSPS) is 16.0. The van der Waals surface area contributed by atoms with Gasteiger partial charge in [-0.3, -0.25) is 4.79 Å². The predicted molar refractivity (Wildman–Crippen MR) is 96.9 cm³/mol. The van der Waals surface area contributed by atoms with Crippen LogP contribution in [0.3, 0.4) is 0 Å². The van der Waals surface area contributed by atoms with E-state index in [1.165, 1.54) is 31.3 Å². The molecule has 1 amide bonds. The topological polar surface area (TPSA) is 54.0 Å². The first-order valence-corrected chi connectivity index (χ1v) is 9.12. The van der Waals surface area contributed by atoms with Gasteiger partial charge in [0, 0.05) is 6.54 Å². The minimum absolute atomic E-state index is 0.0284. The van der Waals surface area contributed by atoms with Gasteiger partial charge >= 0.3 is 0 Å². The van der Waals surface area contributed by atoms with Crippen molar-refractivity contribution >= 4 is 32.6 Å². The summed E-state index contributed by atoms with van der Waals surface area (Å²) in [6, 6.07) is 7.72. The van der Waals surface area contributed by atoms with Gasteiger partial charge in [-0.1, -0.05) is 35.1 Å². The van der Waals surface area contributed by atoms with E-state index in [-0.39, 0.29) is 11.9 Å². The molecule has 0 bridgehead atoms. The Labute approximate surface area is 141 Å². The van der Waals surface area contributed by atoms with Gasteiger partial charge in [0.15, 0.2) is 5.13 Å². The molecule has 0 radical (unpaired) electrons. The maximum Gasteiger partial charge on any atom is 0.242 e. The van der Waals surface area contributed by atoms with E-state index < -0.39 is 0 Å². The lowest BCUT2D eigenvalue weighted by Crippen LogP contribution is -2.38. The Hall–Kier alpha value is -1.88. The van der Waals surface area contributed by atoms with Gasteiger partial charge in [0.05, 0.1) is 10.2 Å². The molecule has 2 aromatic rings. The number of hydrogen-bond donors (Lipinski definition) is 2. The number of para-hydroxylation sites is 1. The van der Waals surface area contributed by atoms with Crippen LogP contribution in [0.4, 0.5) is 5.13 Å². The zero-order valence-electron chi connectivity index (χ0n) is 13.5. The molecule has 0 fully saturated rings. The van der Waals surface area contributed by atoms with Gasteiger partial charge in [-0.25, -0.2) is 4.98 Å². The average Bonchev–Trinajstić information content (AvgIpc) is 2.98. The summed E-state index contributed by atoms with van der Waals surface area (Å²) in [4.78, 5) is 16.7. The monoisotopic (exact) mass is 329 g/mol. The van der Waals surface area contributed by atoms with Crippen LogP contribution >= 0.6 is 11.3 Å². The summed E-state index contributed by atoms with van der Waals surface area (Å²) in [5, 5.41) is 7.01. The van der Waals surface area contributed by atoms with Crippen LogP contribution in [-0.4, -0.2) is 23.5 Å². The van der Waals surface area contributed by atoms with E-state index in [4.69, 9.17) is 0 Å². The number of benzene rings is 1. The van der Waals surface area contributed by atoms with Crippen LogP contribution < -0.4 is 10.6 Å². The van der Waals surface area contributed by atoms with E-state index >= 15 is 0 Å². The number of rotatable bonds is 6. The fraction of sp³-hybridized carbons (Fsp3) is 0.444. The number of thiazole rings is 1. The van der Waals surface area contributed by atoms with Crippen LogP contribution in [0.5, 0.6) is 0 Å². The van der Waals surface area contributed by atoms with Crippen molar-refractivity contribution in [2.45, 2.75) is 45.1 Å². The summed E-state index contributed by atoms with van der Waals surface area (Å²) < 4.78 is 1.13. The Bertz CT molecular complexity index is 674. The molecule has 5 heteroatoms. The predicted octanol–water partition coefficient (Wildman–Crippen LogP) is 4.10. The highest BCUT2D eigenvalue weighted by Gasteiger charge is 2.14. The molecule has 1 heterocycles. The van der Waals surface area contributed by atoms with E-state index in [2.05, 4.69) is 21.7 Å². The highest BCUT2D eigenvalue weighted by atomic mass is 32.1. The molecule has 1 aliphatic rings. The van der Waals surface area contributed by atoms with Crippen LogP contribution in [0.15, 0.2) is 35.9 Å². The first kappa shape index (κ1) is 16.0. The van der Waals surface area contributed by atoms with Crippen LogP contribution in [0, 0.1) is 0 Å². The summed E-state index contributed by atoms with van der Waals surface area (Å²) in [6.07, 6.45) is 8.28. The highest BCUT2D eigenvalue weighted by Crippen LogP contribution is 2.25. The molecule has 2 N–H and O–H groups in total. The van der Waals surface area contributed by atoms with Gasteiger partial charge < -0.3 is 10.6 Å². The molecule has 3 rings (SSSR count). The van der Waals surface area contributed by atoms with Gasteiger partial charge in [-0.05, 0) is 51.2 Å². The lowest BCUT2D eigenvalue weighted by molar-refractivity contribution is -0.121. The van der Waals surface area contributed by atoms with Gasteiger partial charge in [0.2, 0.25) is 5.91 Å². The summed E-state index contributed by atoms with van der Waals surface area (Å²) in [7, 11) is 0. The third-order valence-electron chi connectivity index (χ3n) is 4.16. The fourth-order valence-electron chi connectivity index (χ4n) is 2.82. The van der Waals surface area contributed by atoms with Gasteiger partial charge in [0.25, 0.3) is 0 Å². The SMILES string of the molecule is C[C@H](Nc1nc2ccccc2s1)C(=O)NCCC1=CCCCC1. The van der Waals surface area contributed by atoms with Crippen molar-refractivity contribution in [2.24, 2.45) is 0 Å². The van der Waals surface area contributed by atoms with Gasteiger partial charge in [-0.15, -0.1) is 0 Å². The first-order chi connectivity index (χ1) is 11.2. The van der Waals surface area contributed by atoms with Crippen LogP contribution in [-0.2, 0) is 4.79 Å². The summed E-state index contributed by atoms with van der Waals surface area (Å²) >= 11 is 1.58. The van der Waals surface area contributed by atoms with Crippen LogP contribution in [0.2, 0.25) is 0 Å². The Morgan fingerprint density at radius 1 is 1.35 bits per heavy atom. The molecule has 0 spiro atoms. The van der Waals surface area contributed by atoms with Crippen molar-refractivity contribution in [3.05, 3.63) is 35.9 Å². The molecule has 122 valence electrons. The van der Waals surface area contributed by atoms with Gasteiger partial charge in [-0.2, -0.15) is 0 Å². The molecular formula is C18H23N3OS. The van der Waals surface area contributed by atoms with Crippen molar-refractivity contribution in [3.63, 3.8) is 0 Å². The number of nitrogens with zero attached hydrogens (tertiary/aromatic N) is 1. The second-order valence-corrected chi connectivity index (χ2v) is 7.03. The minimum atomic E-state index is -0.282. The molecule has 1 aromatic carbocycles. The second-order valence-electron chi connectivity index (χ2n) is 6.00. The number of allylic oxidation sites excluding steroid dienone is 1. The number of anilines is 1. The Morgan fingerprint density at radius 2 is 2.22 bits per heavy atom. The molecule has 0 saturated heterocycles. The molecule has 23 heavy (non-hydrogen) atoms. The van der Waals surface area contributed by atoms with Crippen molar-refractivity contribution in [1.29, 1.82) is 0 Å². The molecule has 0 aliphatic heterocycles. The Kier molecular flexibility index (Phi) is 5.28. The van der Waals surface area contributed by atoms with Crippen LogP contribution in [0.1, 0.15) is 39.0 Å². The third-order valence-corrected chi connectivity index (χ3v) is 5.13. The van der Waals surface area contributed by atoms with E-state index in [1.807, 2.05) is 31.2 Å². The van der Waals surface area contributed by atoms with E-state index in [1.54, 1.807) is 11.3 Å². The quantitative estimate of drug-likeness (QED) is 0.784. The van der Waals surface area contributed by atoms with Crippen molar-refractivity contribution in [1.82, 2.24) is 10.3 Å². The van der Waals surface area contributed by atoms with E-state index in [0.717, 1.165) is 28.3 Å². The lowest BCUT2D eigenvalue weighted by atomic mass is 9.97. The maximum absolute atomic E-state index is 12.2. The molecule has 1 atom stereocenters. The first-order valence-electron chi connectivity index (χ1n) is 8.30. The second kappa shape index (κ2) is 7.59. The summed E-state index contributed by atoms with van der Waals surface area (Å²) in [5.41, 5.74) is 2.46. The van der Waals surface area contributed by atoms with Crippen LogP contribution in [0.25, 0.3) is 10.2 Å². The fourth-order valence-corrected chi connectivity index (χ4v) is 3.77. The summed E-state index contributed by atoms with van der Waals surface area (Å²) in [6.45, 7) is 2.60. The zero-order chi connectivity index (χ0) is 16.1. The number of carbonyl (C=O) groups is 1. The highest BCUT2D eigenvalue weighted by molar-refractivity contribution is 7.22. The molecule has 4 nitrogen and oxygen atoms in total. The molecule has 1 aliphatic carbocycles. The number of nitrogens with one attached hydrogen (secondary N) is 2. The summed E-state index contributed by atoms with van der Waals surface area (Å²) in [5.74, 6) is 0.0284. The number of aromatic nitrogens is 1. The molecule has 0 unspecified atom stereocenters. The number of carbonyl (C=O) groups excluding carboxylic acids is 1. The zero-order valence-corrected chi connectivity index (χ0v) is 14.3. The lowest BCUT2D eigenvalue weighted by Gasteiger charge is -2.15. The molecule has 1 aromatic heterocycles. The minimum Gasteiger partial charge on any atom is -0.354 e. The average molecular weight is 329 g/mol. The molecular weight excluding hydrogens is 306 g/mol. The van der Waals surface area contributed by atoms with Crippen molar-refractivity contribution in [3.8, 4) is 0 Å². The molecule has 0 saturated carbocycles. The van der Waals surface area contributed by atoms with Crippen molar-refractivity contribution in [2.75, 3.05) is 11.9 Å². The van der Waals surface area contributed by atoms with Crippen molar-refractivity contribution < 1.29 is 4.79 Å². The number of hydrogen-bond acceptors (Lipinski definition) is 4. The Morgan fingerprint density at radius 3 is 3.00 bits per heavy atom. The standard InChI is InChI=1S/C18H23N3OS/c1-13(17(22)19-12-11-14-7-3-2-4-8-14)20-18-21-15-9-5-6-10-16(15)23-18/h5-7,9-10,13H,2-4,8,11-12H2,1H3,(H,19,22)(H,20,21)/t13-/m0/s1. The van der Waals surface area contributed by atoms with E-state index in [0.29, 0.717) is 0 Å². The number of fused-ring (bicyclic) bond motifs is 1. The smallest absolute Gasteiger partial charge is 0.242 e. The van der Waals surface area contributed by atoms with Gasteiger partial charge in [0.1, 0.15) is 6.04 Å². The number of amides is 1. The van der Waals surface area contributed by atoms with E-state index in [9.17, 15) is 4.79 Å². The largest absolute Gasteiger partial charge is 0.354 e. The third kappa shape index (κ3) is 4.32. The maximum atomic E-state index is 12.2. The Balaban J connectivity index is 1.48.